The molecule has 218 valence electrons. The highest BCUT2D eigenvalue weighted by molar-refractivity contribution is 6.33. The summed E-state index contributed by atoms with van der Waals surface area (Å²) in [5.41, 5.74) is 1.18. The van der Waals surface area contributed by atoms with Crippen molar-refractivity contribution in [1.82, 2.24) is 14.8 Å². The lowest BCUT2D eigenvalue weighted by Crippen LogP contribution is -2.58. The average Bonchev–Trinajstić information content (AvgIpc) is 2.96. The molecule has 7 nitrogen and oxygen atoms in total. The Morgan fingerprint density at radius 2 is 1.85 bits per heavy atom. The second kappa shape index (κ2) is 13.8. The van der Waals surface area contributed by atoms with Crippen LogP contribution in [0, 0.1) is 5.82 Å². The number of hydrogen-bond acceptors (Lipinski definition) is 6. The summed E-state index contributed by atoms with van der Waals surface area (Å²) in [6, 6.07) is 16.4. The maximum atomic E-state index is 14.3. The number of piperazine rings is 1. The van der Waals surface area contributed by atoms with Gasteiger partial charge in [-0.1, -0.05) is 60.8 Å². The maximum Gasteiger partial charge on any atom is 0.417 e. The van der Waals surface area contributed by atoms with Gasteiger partial charge < -0.3 is 9.64 Å². The Hall–Kier alpha value is -2.91. The number of anilines is 2. The zero-order chi connectivity index (χ0) is 28.8. The summed E-state index contributed by atoms with van der Waals surface area (Å²) in [6.45, 7) is 7.33. The van der Waals surface area contributed by atoms with Crippen LogP contribution in [0.15, 0.2) is 60.8 Å². The number of halogens is 3. The minimum Gasteiger partial charge on any atom is -0.410 e. The molecule has 3 aromatic rings. The number of carbonyl (C=O) groups excluding carboxylic acids is 1. The van der Waals surface area contributed by atoms with Crippen LogP contribution in [-0.2, 0) is 6.54 Å². The number of nitrogens with zero attached hydrogens (tertiary/aromatic N) is 4. The van der Waals surface area contributed by atoms with E-state index >= 15 is 0 Å². The molecule has 3 heterocycles. The summed E-state index contributed by atoms with van der Waals surface area (Å²) >= 11 is 12.6. The van der Waals surface area contributed by atoms with Gasteiger partial charge in [0.25, 0.3) is 0 Å². The number of ether oxygens (including phenoxy) is 1. The van der Waals surface area contributed by atoms with Crippen molar-refractivity contribution in [2.45, 2.75) is 51.2 Å². The predicted octanol–water partition coefficient (Wildman–Crippen LogP) is 7.09. The summed E-state index contributed by atoms with van der Waals surface area (Å²) in [4.78, 5) is 24.2. The Labute approximate surface area is 251 Å². The van der Waals surface area contributed by atoms with Crippen LogP contribution in [0.2, 0.25) is 10.0 Å². The quantitative estimate of drug-likeness (QED) is 0.298. The first-order valence-electron chi connectivity index (χ1n) is 14.3. The molecule has 0 aliphatic carbocycles. The highest BCUT2D eigenvalue weighted by Crippen LogP contribution is 2.31. The molecule has 1 aromatic heterocycles. The number of pyridine rings is 1. The van der Waals surface area contributed by atoms with E-state index in [4.69, 9.17) is 27.9 Å². The smallest absolute Gasteiger partial charge is 0.410 e. The van der Waals surface area contributed by atoms with E-state index in [1.165, 1.54) is 6.07 Å². The largest absolute Gasteiger partial charge is 0.417 e. The van der Waals surface area contributed by atoms with Crippen molar-refractivity contribution >= 4 is 40.8 Å². The van der Waals surface area contributed by atoms with Crippen LogP contribution in [0.4, 0.5) is 20.7 Å². The third-order valence-electron chi connectivity index (χ3n) is 7.91. The number of amides is 1. The minimum absolute atomic E-state index is 0.234. The second-order valence-corrected chi connectivity index (χ2v) is 11.6. The van der Waals surface area contributed by atoms with Crippen molar-refractivity contribution in [3.05, 3.63) is 82.2 Å². The monoisotopic (exact) mass is 599 g/mol. The molecule has 10 heteroatoms. The van der Waals surface area contributed by atoms with E-state index in [9.17, 15) is 9.18 Å². The van der Waals surface area contributed by atoms with E-state index in [1.54, 1.807) is 48.7 Å². The molecule has 1 N–H and O–H groups in total. The molecule has 5 rings (SSSR count). The molecular weight excluding hydrogens is 564 g/mol. The van der Waals surface area contributed by atoms with Crippen LogP contribution in [0.5, 0.6) is 5.75 Å². The zero-order valence-corrected chi connectivity index (χ0v) is 24.8. The summed E-state index contributed by atoms with van der Waals surface area (Å²) < 4.78 is 19.6. The predicted molar refractivity (Wildman–Crippen MR) is 163 cm³/mol. The molecule has 2 aliphatic rings. The first-order chi connectivity index (χ1) is 19.9. The molecule has 0 bridgehead atoms. The van der Waals surface area contributed by atoms with Gasteiger partial charge in [0, 0.05) is 48.8 Å². The normalized spacial score (nSPS) is 18.8. The fraction of sp³-hybridized carbons (Fsp3) is 0.419. The summed E-state index contributed by atoms with van der Waals surface area (Å²) in [6.07, 6.45) is 5.34. The molecular formula is C31H36Cl2FN5O2. The van der Waals surface area contributed by atoms with Crippen LogP contribution in [-0.4, -0.2) is 65.7 Å². The van der Waals surface area contributed by atoms with Gasteiger partial charge in [-0.15, -0.1) is 0 Å². The van der Waals surface area contributed by atoms with Crippen LogP contribution in [0.25, 0.3) is 0 Å². The van der Waals surface area contributed by atoms with Crippen molar-refractivity contribution in [2.75, 3.05) is 42.9 Å². The lowest BCUT2D eigenvalue weighted by atomic mass is 9.97. The van der Waals surface area contributed by atoms with E-state index in [0.717, 1.165) is 64.2 Å². The first-order valence-corrected chi connectivity index (χ1v) is 15.0. The fourth-order valence-electron chi connectivity index (χ4n) is 5.90. The number of rotatable bonds is 8. The maximum absolute atomic E-state index is 14.3. The number of piperidine rings is 1. The highest BCUT2D eigenvalue weighted by atomic mass is 35.5. The third kappa shape index (κ3) is 7.68. The van der Waals surface area contributed by atoms with E-state index in [-0.39, 0.29) is 5.82 Å². The molecule has 41 heavy (non-hydrogen) atoms. The number of hydrogen-bond donors (Lipinski definition) is 1. The number of likely N-dealkylation sites (tertiary alicyclic amines) is 1. The van der Waals surface area contributed by atoms with Gasteiger partial charge in [-0.05, 0) is 62.7 Å². The zero-order valence-electron chi connectivity index (χ0n) is 23.2. The molecule has 1 atom stereocenters. The van der Waals surface area contributed by atoms with Gasteiger partial charge in [-0.2, -0.15) is 0 Å². The Morgan fingerprint density at radius 1 is 1.07 bits per heavy atom. The van der Waals surface area contributed by atoms with E-state index < -0.39 is 6.09 Å². The summed E-state index contributed by atoms with van der Waals surface area (Å²) in [7, 11) is 0. The van der Waals surface area contributed by atoms with Gasteiger partial charge in [-0.3, -0.25) is 15.1 Å². The van der Waals surface area contributed by atoms with E-state index in [0.29, 0.717) is 45.7 Å². The fourth-order valence-corrected chi connectivity index (χ4v) is 6.35. The van der Waals surface area contributed by atoms with Gasteiger partial charge in [0.1, 0.15) is 17.4 Å². The van der Waals surface area contributed by atoms with Crippen LogP contribution in [0.1, 0.15) is 38.2 Å². The molecule has 2 aromatic carbocycles. The first kappa shape index (κ1) is 29.6. The van der Waals surface area contributed by atoms with Gasteiger partial charge in [0.15, 0.2) is 0 Å². The molecule has 0 unspecified atom stereocenters. The summed E-state index contributed by atoms with van der Waals surface area (Å²) in [5, 5.41) is 3.62. The number of carbonyl (C=O) groups is 1. The molecule has 2 fully saturated rings. The molecule has 2 aliphatic heterocycles. The van der Waals surface area contributed by atoms with Crippen molar-refractivity contribution in [3.63, 3.8) is 0 Å². The standard InChI is InChI=1S/C31H36Cl2FN5O2/c1-2-6-26-21-38(30-28(33)18-24(19-35-30)36-31(40)41-27-7-4-3-5-8-27)15-16-39(26)25-11-13-37(14-12-25)20-22-9-10-23(32)17-29(22)34/h3-5,7-10,17-19,25-26H,2,6,11-16,20-21H2,1H3,(H,36,40)/t26-/m0/s1. The minimum atomic E-state index is -0.595. The van der Waals surface area contributed by atoms with Crippen molar-refractivity contribution in [1.29, 1.82) is 0 Å². The molecule has 2 saturated heterocycles. The van der Waals surface area contributed by atoms with Crippen LogP contribution >= 0.6 is 23.2 Å². The Kier molecular flexibility index (Phi) is 9.98. The lowest BCUT2D eigenvalue weighted by molar-refractivity contribution is 0.0587. The van der Waals surface area contributed by atoms with Crippen LogP contribution < -0.4 is 15.0 Å². The molecule has 0 radical (unpaired) electrons. The van der Waals surface area contributed by atoms with E-state index in [1.807, 2.05) is 6.07 Å². The summed E-state index contributed by atoms with van der Waals surface area (Å²) in [5.74, 6) is 0.956. The number of aromatic nitrogens is 1. The Morgan fingerprint density at radius 3 is 2.56 bits per heavy atom. The highest BCUT2D eigenvalue weighted by Gasteiger charge is 2.34. The molecule has 0 spiro atoms. The van der Waals surface area contributed by atoms with Crippen LogP contribution in [0.3, 0.4) is 0 Å². The molecule has 0 saturated carbocycles. The second-order valence-electron chi connectivity index (χ2n) is 10.7. The third-order valence-corrected chi connectivity index (χ3v) is 8.42. The number of nitrogens with one attached hydrogen (secondary N) is 1. The lowest BCUT2D eigenvalue weighted by Gasteiger charge is -2.48. The number of para-hydroxylation sites is 1. The topological polar surface area (TPSA) is 60.9 Å². The van der Waals surface area contributed by atoms with Gasteiger partial charge in [-0.25, -0.2) is 14.2 Å². The SMILES string of the molecule is CCC[C@H]1CN(c2ncc(NC(=O)Oc3ccccc3)cc2Cl)CCN1C1CCN(Cc2ccc(Cl)cc2F)CC1. The van der Waals surface area contributed by atoms with Gasteiger partial charge >= 0.3 is 6.09 Å². The molecule has 1 amide bonds. The number of benzene rings is 2. The van der Waals surface area contributed by atoms with Crippen molar-refractivity contribution < 1.29 is 13.9 Å². The van der Waals surface area contributed by atoms with Gasteiger partial charge in [0.2, 0.25) is 0 Å². The average molecular weight is 601 g/mol. The van der Waals surface area contributed by atoms with E-state index in [2.05, 4.69) is 31.9 Å². The van der Waals surface area contributed by atoms with Crippen molar-refractivity contribution in [3.8, 4) is 5.75 Å². The van der Waals surface area contributed by atoms with Gasteiger partial charge in [0.05, 0.1) is 16.9 Å². The Bertz CT molecular complexity index is 1320. The Balaban J connectivity index is 1.16. The van der Waals surface area contributed by atoms with Crippen molar-refractivity contribution in [2.24, 2.45) is 0 Å².